The molecule has 0 spiro atoms. The second-order valence-corrected chi connectivity index (χ2v) is 7.04. The van der Waals surface area contributed by atoms with Crippen molar-refractivity contribution in [3.8, 4) is 11.5 Å². The van der Waals surface area contributed by atoms with Gasteiger partial charge in [-0.25, -0.2) is 0 Å². The van der Waals surface area contributed by atoms with E-state index in [4.69, 9.17) is 9.47 Å². The molecule has 0 unspecified atom stereocenters. The first-order valence-electron chi connectivity index (χ1n) is 8.43. The van der Waals surface area contributed by atoms with E-state index in [2.05, 4.69) is 0 Å². The molecule has 1 aliphatic rings. The zero-order valence-electron chi connectivity index (χ0n) is 15.5. The molecule has 2 aromatic carbocycles. The van der Waals surface area contributed by atoms with Gasteiger partial charge < -0.3 is 9.47 Å². The van der Waals surface area contributed by atoms with Crippen molar-refractivity contribution >= 4 is 0 Å². The van der Waals surface area contributed by atoms with Gasteiger partial charge in [0.1, 0.15) is 11.5 Å². The van der Waals surface area contributed by atoms with Crippen LogP contribution in [0.2, 0.25) is 0 Å². The molecule has 28 heavy (non-hydrogen) atoms. The zero-order chi connectivity index (χ0) is 21.1. The van der Waals surface area contributed by atoms with Gasteiger partial charge >= 0.3 is 23.6 Å². The average Bonchev–Trinajstić information content (AvgIpc) is 2.59. The Balaban J connectivity index is 2.11. The maximum Gasteiger partial charge on any atom is 0.398 e. The molecule has 1 aliphatic carbocycles. The summed E-state index contributed by atoms with van der Waals surface area (Å²) in [5.74, 6) is -21.2. The quantitative estimate of drug-likeness (QED) is 0.460. The fourth-order valence-corrected chi connectivity index (χ4v) is 2.91. The summed E-state index contributed by atoms with van der Waals surface area (Å²) in [6, 6.07) is 7.61. The van der Waals surface area contributed by atoms with E-state index in [-0.39, 0.29) is 0 Å². The summed E-state index contributed by atoms with van der Waals surface area (Å²) >= 11 is 0. The van der Waals surface area contributed by atoms with Gasteiger partial charge in [-0.2, -0.15) is 26.3 Å². The molecule has 0 aromatic heterocycles. The molecular formula is C20H18F6O2. The third kappa shape index (κ3) is 2.49. The van der Waals surface area contributed by atoms with Gasteiger partial charge in [-0.3, -0.25) is 0 Å². The van der Waals surface area contributed by atoms with Crippen LogP contribution in [0.15, 0.2) is 36.4 Å². The Morgan fingerprint density at radius 1 is 0.536 bits per heavy atom. The lowest BCUT2D eigenvalue weighted by Gasteiger charge is -2.56. The Morgan fingerprint density at radius 3 is 1.21 bits per heavy atom. The Hall–Kier alpha value is -2.38. The van der Waals surface area contributed by atoms with Crippen molar-refractivity contribution in [1.29, 1.82) is 0 Å². The Bertz CT molecular complexity index is 849. The molecule has 1 fully saturated rings. The monoisotopic (exact) mass is 404 g/mol. The van der Waals surface area contributed by atoms with Crippen molar-refractivity contribution in [2.75, 3.05) is 0 Å². The predicted octanol–water partition coefficient (Wildman–Crippen LogP) is 5.99. The lowest BCUT2D eigenvalue weighted by molar-refractivity contribution is -0.527. The molecule has 0 radical (unpaired) electrons. The number of ether oxygens (including phenoxy) is 2. The van der Waals surface area contributed by atoms with Crippen LogP contribution in [-0.4, -0.2) is 23.6 Å². The molecule has 1 saturated carbocycles. The van der Waals surface area contributed by atoms with E-state index in [0.717, 1.165) is 23.3 Å². The van der Waals surface area contributed by atoms with Gasteiger partial charge in [0.2, 0.25) is 0 Å². The van der Waals surface area contributed by atoms with E-state index in [9.17, 15) is 26.3 Å². The minimum Gasteiger partial charge on any atom is -0.442 e. The van der Waals surface area contributed by atoms with Gasteiger partial charge in [0, 0.05) is 0 Å². The lowest BCUT2D eigenvalue weighted by atomic mass is 9.76. The number of hydrogen-bond acceptors (Lipinski definition) is 2. The van der Waals surface area contributed by atoms with Gasteiger partial charge in [-0.15, -0.1) is 0 Å². The summed E-state index contributed by atoms with van der Waals surface area (Å²) in [6.45, 7) is 6.62. The maximum atomic E-state index is 14.4. The Labute approximate surface area is 158 Å². The molecule has 0 amide bonds. The normalized spacial score (nSPS) is 20.9. The molecular weight excluding hydrogens is 386 g/mol. The van der Waals surface area contributed by atoms with E-state index in [0.29, 0.717) is 11.1 Å². The average molecular weight is 404 g/mol. The molecule has 152 valence electrons. The van der Waals surface area contributed by atoms with Crippen molar-refractivity contribution in [1.82, 2.24) is 0 Å². The largest absolute Gasteiger partial charge is 0.442 e. The van der Waals surface area contributed by atoms with E-state index < -0.39 is 35.1 Å². The standard InChI is InChI=1S/C20H18F6O2/c1-11-5-7-15(9-13(11)3)27-20(18(23,24)17(21,22)19(20,25)26)28-16-8-6-12(2)14(4)10-16/h5-10H,1-4H3. The number of halogens is 6. The van der Waals surface area contributed by atoms with E-state index in [1.54, 1.807) is 27.7 Å². The van der Waals surface area contributed by atoms with Crippen LogP contribution in [0.25, 0.3) is 0 Å². The molecule has 2 aromatic rings. The minimum absolute atomic E-state index is 0.429. The van der Waals surface area contributed by atoms with E-state index in [1.165, 1.54) is 24.3 Å². The summed E-state index contributed by atoms with van der Waals surface area (Å²) in [5, 5.41) is 0. The van der Waals surface area contributed by atoms with Crippen molar-refractivity contribution in [3.63, 3.8) is 0 Å². The molecule has 0 bridgehead atoms. The number of hydrogen-bond donors (Lipinski definition) is 0. The van der Waals surface area contributed by atoms with Crippen LogP contribution in [0.4, 0.5) is 26.3 Å². The summed E-state index contributed by atoms with van der Waals surface area (Å²) in [7, 11) is 0. The predicted molar refractivity (Wildman–Crippen MR) is 90.7 cm³/mol. The molecule has 0 N–H and O–H groups in total. The highest BCUT2D eigenvalue weighted by molar-refractivity contribution is 5.39. The number of alkyl halides is 6. The third-order valence-electron chi connectivity index (χ3n) is 5.10. The zero-order valence-corrected chi connectivity index (χ0v) is 15.5. The van der Waals surface area contributed by atoms with Gasteiger partial charge in [0.05, 0.1) is 0 Å². The second-order valence-electron chi connectivity index (χ2n) is 7.04. The number of benzene rings is 2. The smallest absolute Gasteiger partial charge is 0.398 e. The summed E-state index contributed by atoms with van der Waals surface area (Å²) in [4.78, 5) is 0. The first kappa shape index (κ1) is 20.4. The molecule has 0 aliphatic heterocycles. The van der Waals surface area contributed by atoms with Crippen LogP contribution in [0.1, 0.15) is 22.3 Å². The van der Waals surface area contributed by atoms with Gasteiger partial charge in [-0.05, 0) is 74.2 Å². The van der Waals surface area contributed by atoms with Crippen molar-refractivity contribution in [3.05, 3.63) is 58.7 Å². The topological polar surface area (TPSA) is 18.5 Å². The molecule has 0 atom stereocenters. The molecule has 0 saturated heterocycles. The van der Waals surface area contributed by atoms with Crippen LogP contribution < -0.4 is 9.47 Å². The van der Waals surface area contributed by atoms with E-state index >= 15 is 0 Å². The molecule has 0 heterocycles. The highest BCUT2D eigenvalue weighted by atomic mass is 19.4. The Kier molecular flexibility index (Phi) is 4.40. The highest BCUT2D eigenvalue weighted by Crippen LogP contribution is 2.68. The van der Waals surface area contributed by atoms with Crippen LogP contribution in [-0.2, 0) is 0 Å². The van der Waals surface area contributed by atoms with Crippen molar-refractivity contribution < 1.29 is 35.8 Å². The van der Waals surface area contributed by atoms with Gasteiger partial charge in [-0.1, -0.05) is 12.1 Å². The van der Waals surface area contributed by atoms with Crippen LogP contribution in [0.5, 0.6) is 11.5 Å². The summed E-state index contributed by atoms with van der Waals surface area (Å²) in [6.07, 6.45) is 0. The van der Waals surface area contributed by atoms with Crippen molar-refractivity contribution in [2.24, 2.45) is 0 Å². The maximum absolute atomic E-state index is 14.4. The number of rotatable bonds is 4. The SMILES string of the molecule is Cc1ccc(OC2(Oc3ccc(C)c(C)c3)C(F)(F)C(F)(F)C2(F)F)cc1C. The minimum atomic E-state index is -5.63. The third-order valence-corrected chi connectivity index (χ3v) is 5.10. The lowest BCUT2D eigenvalue weighted by Crippen LogP contribution is -2.90. The molecule has 3 rings (SSSR count). The Morgan fingerprint density at radius 2 is 0.893 bits per heavy atom. The fourth-order valence-electron chi connectivity index (χ4n) is 2.91. The summed E-state index contributed by atoms with van der Waals surface area (Å²) in [5.41, 5.74) is 2.59. The first-order valence-corrected chi connectivity index (χ1v) is 8.43. The van der Waals surface area contributed by atoms with Gasteiger partial charge in [0.25, 0.3) is 0 Å². The number of aryl methyl sites for hydroxylation is 4. The highest BCUT2D eigenvalue weighted by Gasteiger charge is 3.03. The van der Waals surface area contributed by atoms with Crippen molar-refractivity contribution in [2.45, 2.75) is 51.2 Å². The van der Waals surface area contributed by atoms with E-state index in [1.807, 2.05) is 0 Å². The molecule has 2 nitrogen and oxygen atoms in total. The molecule has 8 heteroatoms. The van der Waals surface area contributed by atoms with Gasteiger partial charge in [0.15, 0.2) is 0 Å². The van der Waals surface area contributed by atoms with Crippen LogP contribution in [0, 0.1) is 27.7 Å². The second kappa shape index (κ2) is 6.06. The van der Waals surface area contributed by atoms with Crippen LogP contribution in [0.3, 0.4) is 0 Å². The fraction of sp³-hybridized carbons (Fsp3) is 0.400. The summed E-state index contributed by atoms with van der Waals surface area (Å²) < 4.78 is 94.4. The van der Waals surface area contributed by atoms with Crippen LogP contribution >= 0.6 is 0 Å². The first-order chi connectivity index (χ1) is 12.8.